The summed E-state index contributed by atoms with van der Waals surface area (Å²) in [6, 6.07) is -0.00177. The van der Waals surface area contributed by atoms with Gasteiger partial charge in [-0.2, -0.15) is 0 Å². The molecule has 34 heavy (non-hydrogen) atoms. The van der Waals surface area contributed by atoms with E-state index in [1.54, 1.807) is 17.3 Å². The molecule has 2 saturated heterocycles. The maximum Gasteiger partial charge on any atom is 0.410 e. The topological polar surface area (TPSA) is 106 Å². The highest BCUT2D eigenvalue weighted by molar-refractivity contribution is 5.68. The van der Waals surface area contributed by atoms with E-state index in [1.165, 1.54) is 0 Å². The van der Waals surface area contributed by atoms with Crippen LogP contribution in [-0.2, 0) is 9.47 Å². The van der Waals surface area contributed by atoms with Gasteiger partial charge in [-0.25, -0.2) is 19.6 Å². The van der Waals surface area contributed by atoms with Crippen LogP contribution in [0.3, 0.4) is 0 Å². The summed E-state index contributed by atoms with van der Waals surface area (Å²) in [6.45, 7) is 14.0. The second-order valence-corrected chi connectivity index (χ2v) is 10.4. The molecule has 10 heteroatoms. The van der Waals surface area contributed by atoms with Crippen molar-refractivity contribution in [3.8, 4) is 5.75 Å². The third kappa shape index (κ3) is 7.63. The van der Waals surface area contributed by atoms with Crippen LogP contribution in [0.15, 0.2) is 12.4 Å². The van der Waals surface area contributed by atoms with Crippen molar-refractivity contribution in [3.63, 3.8) is 0 Å². The van der Waals surface area contributed by atoms with Crippen LogP contribution < -0.4 is 15.0 Å². The SMILES string of the molecule is CC(C)OC(=O)N1CCC([C@H](C)Oc2cnc(N3CC[C@@H](NC(=O)OC(C)(C)C)C3)nc2)CC1. The predicted molar refractivity (Wildman–Crippen MR) is 128 cm³/mol. The van der Waals surface area contributed by atoms with Crippen molar-refractivity contribution in [1.82, 2.24) is 20.2 Å². The molecule has 0 unspecified atom stereocenters. The van der Waals surface area contributed by atoms with Crippen LogP contribution in [0.5, 0.6) is 5.75 Å². The first-order valence-electron chi connectivity index (χ1n) is 12.2. The number of alkyl carbamates (subject to hydrolysis) is 1. The van der Waals surface area contributed by atoms with E-state index in [2.05, 4.69) is 15.3 Å². The molecule has 1 aromatic heterocycles. The van der Waals surface area contributed by atoms with E-state index in [4.69, 9.17) is 14.2 Å². The highest BCUT2D eigenvalue weighted by atomic mass is 16.6. The van der Waals surface area contributed by atoms with Crippen molar-refractivity contribution >= 4 is 18.1 Å². The number of nitrogens with zero attached hydrogens (tertiary/aromatic N) is 4. The minimum absolute atomic E-state index is 0.00177. The van der Waals surface area contributed by atoms with Crippen LogP contribution in [0.1, 0.15) is 60.8 Å². The number of anilines is 1. The van der Waals surface area contributed by atoms with Crippen molar-refractivity contribution in [1.29, 1.82) is 0 Å². The van der Waals surface area contributed by atoms with Gasteiger partial charge in [0, 0.05) is 26.2 Å². The number of aromatic nitrogens is 2. The molecule has 0 spiro atoms. The highest BCUT2D eigenvalue weighted by Crippen LogP contribution is 2.25. The highest BCUT2D eigenvalue weighted by Gasteiger charge is 2.30. The minimum atomic E-state index is -0.519. The monoisotopic (exact) mass is 477 g/mol. The zero-order chi connectivity index (χ0) is 24.9. The smallest absolute Gasteiger partial charge is 0.410 e. The van der Waals surface area contributed by atoms with E-state index in [0.717, 1.165) is 25.8 Å². The largest absolute Gasteiger partial charge is 0.487 e. The molecule has 0 bridgehead atoms. The Morgan fingerprint density at radius 1 is 1.06 bits per heavy atom. The molecular weight excluding hydrogens is 438 g/mol. The number of carbonyl (C=O) groups is 2. The van der Waals surface area contributed by atoms with Gasteiger partial charge >= 0.3 is 12.2 Å². The second kappa shape index (κ2) is 11.1. The Labute approximate surface area is 202 Å². The molecule has 1 aromatic rings. The number of ether oxygens (including phenoxy) is 3. The standard InChI is InChI=1S/C24H39N5O5/c1-16(2)32-23(31)28-10-7-18(8-11-28)17(3)33-20-13-25-21(26-14-20)29-12-9-19(15-29)27-22(30)34-24(4,5)6/h13-14,16-19H,7-12,15H2,1-6H3,(H,27,30)/t17-,19+/m0/s1. The number of amides is 2. The Balaban J connectivity index is 1.43. The van der Waals surface area contributed by atoms with Gasteiger partial charge in [-0.1, -0.05) is 0 Å². The molecule has 2 aliphatic heterocycles. The van der Waals surface area contributed by atoms with E-state index in [0.29, 0.717) is 37.3 Å². The quantitative estimate of drug-likeness (QED) is 0.662. The lowest BCUT2D eigenvalue weighted by Crippen LogP contribution is -2.42. The number of hydrogen-bond donors (Lipinski definition) is 1. The second-order valence-electron chi connectivity index (χ2n) is 10.4. The van der Waals surface area contributed by atoms with Crippen LogP contribution in [0.4, 0.5) is 15.5 Å². The van der Waals surface area contributed by atoms with Gasteiger partial charge in [0.05, 0.1) is 30.6 Å². The summed E-state index contributed by atoms with van der Waals surface area (Å²) in [5.74, 6) is 1.59. The average molecular weight is 478 g/mol. The van der Waals surface area contributed by atoms with Crippen LogP contribution in [-0.4, -0.2) is 77.1 Å². The summed E-state index contributed by atoms with van der Waals surface area (Å²) in [7, 11) is 0. The average Bonchev–Trinajstić information content (AvgIpc) is 3.20. The molecule has 10 nitrogen and oxygen atoms in total. The molecule has 1 N–H and O–H groups in total. The van der Waals surface area contributed by atoms with E-state index in [1.807, 2.05) is 46.4 Å². The van der Waals surface area contributed by atoms with Crippen LogP contribution in [0.2, 0.25) is 0 Å². The maximum absolute atomic E-state index is 12.1. The first kappa shape index (κ1) is 25.8. The first-order chi connectivity index (χ1) is 16.0. The Morgan fingerprint density at radius 3 is 2.29 bits per heavy atom. The first-order valence-corrected chi connectivity index (χ1v) is 12.2. The fraction of sp³-hybridized carbons (Fsp3) is 0.750. The van der Waals surface area contributed by atoms with Crippen molar-refractivity contribution in [2.45, 2.75) is 84.7 Å². The van der Waals surface area contributed by atoms with Gasteiger partial charge in [0.1, 0.15) is 5.60 Å². The summed E-state index contributed by atoms with van der Waals surface area (Å²) >= 11 is 0. The van der Waals surface area contributed by atoms with Crippen LogP contribution in [0, 0.1) is 5.92 Å². The molecule has 3 rings (SSSR count). The number of nitrogens with one attached hydrogen (secondary N) is 1. The van der Waals surface area contributed by atoms with Crippen molar-refractivity contribution < 1.29 is 23.8 Å². The van der Waals surface area contributed by atoms with Gasteiger partial charge in [0.15, 0.2) is 5.75 Å². The summed E-state index contributed by atoms with van der Waals surface area (Å²) in [6.07, 6.45) is 5.18. The molecule has 2 aliphatic rings. The van der Waals surface area contributed by atoms with E-state index < -0.39 is 11.7 Å². The van der Waals surface area contributed by atoms with Crippen molar-refractivity contribution in [2.24, 2.45) is 5.92 Å². The molecule has 2 fully saturated rings. The summed E-state index contributed by atoms with van der Waals surface area (Å²) in [5, 5.41) is 2.91. The molecule has 0 aliphatic carbocycles. The van der Waals surface area contributed by atoms with Crippen LogP contribution in [0.25, 0.3) is 0 Å². The van der Waals surface area contributed by atoms with Gasteiger partial charge in [0.25, 0.3) is 0 Å². The lowest BCUT2D eigenvalue weighted by atomic mass is 9.92. The number of rotatable bonds is 6. The number of likely N-dealkylation sites (tertiary alicyclic amines) is 1. The summed E-state index contributed by atoms with van der Waals surface area (Å²) < 4.78 is 16.7. The van der Waals surface area contributed by atoms with Gasteiger partial charge in [-0.15, -0.1) is 0 Å². The lowest BCUT2D eigenvalue weighted by molar-refractivity contribution is 0.0491. The molecule has 0 saturated carbocycles. The molecule has 2 atom stereocenters. The summed E-state index contributed by atoms with van der Waals surface area (Å²) in [4.78, 5) is 36.8. The van der Waals surface area contributed by atoms with Crippen LogP contribution >= 0.6 is 0 Å². The van der Waals surface area contributed by atoms with E-state index in [-0.39, 0.29) is 24.3 Å². The Morgan fingerprint density at radius 2 is 1.71 bits per heavy atom. The van der Waals surface area contributed by atoms with Crippen molar-refractivity contribution in [3.05, 3.63) is 12.4 Å². The fourth-order valence-electron chi connectivity index (χ4n) is 4.21. The zero-order valence-electron chi connectivity index (χ0n) is 21.2. The Kier molecular flexibility index (Phi) is 8.43. The molecular formula is C24H39N5O5. The van der Waals surface area contributed by atoms with Gasteiger partial charge in [0.2, 0.25) is 5.95 Å². The molecule has 2 amide bonds. The molecule has 190 valence electrons. The summed E-state index contributed by atoms with van der Waals surface area (Å²) in [5.41, 5.74) is -0.519. The number of hydrogen-bond acceptors (Lipinski definition) is 8. The number of piperidine rings is 1. The Hall–Kier alpha value is -2.78. The fourth-order valence-corrected chi connectivity index (χ4v) is 4.21. The zero-order valence-corrected chi connectivity index (χ0v) is 21.2. The Bertz CT molecular complexity index is 818. The van der Waals surface area contributed by atoms with Crippen molar-refractivity contribution in [2.75, 3.05) is 31.1 Å². The maximum atomic E-state index is 12.1. The molecule has 0 aromatic carbocycles. The minimum Gasteiger partial charge on any atom is -0.487 e. The lowest BCUT2D eigenvalue weighted by Gasteiger charge is -2.34. The third-order valence-corrected chi connectivity index (χ3v) is 5.93. The van der Waals surface area contributed by atoms with Gasteiger partial charge in [-0.05, 0) is 66.7 Å². The molecule has 3 heterocycles. The molecule has 0 radical (unpaired) electrons. The third-order valence-electron chi connectivity index (χ3n) is 5.93. The van der Waals surface area contributed by atoms with Gasteiger partial charge in [-0.3, -0.25) is 0 Å². The predicted octanol–water partition coefficient (Wildman–Crippen LogP) is 3.60. The normalized spacial score (nSPS) is 20.3. The van der Waals surface area contributed by atoms with E-state index in [9.17, 15) is 9.59 Å². The number of carbonyl (C=O) groups excluding carboxylic acids is 2. The van der Waals surface area contributed by atoms with E-state index >= 15 is 0 Å². The van der Waals surface area contributed by atoms with Gasteiger partial charge < -0.3 is 29.3 Å².